The predicted molar refractivity (Wildman–Crippen MR) is 127 cm³/mol. The quantitative estimate of drug-likeness (QED) is 0.590. The minimum atomic E-state index is -0.278. The first-order valence-corrected chi connectivity index (χ1v) is 12.1. The van der Waals surface area contributed by atoms with Crippen LogP contribution in [0.2, 0.25) is 0 Å². The molecule has 0 amide bonds. The van der Waals surface area contributed by atoms with Gasteiger partial charge in [0.05, 0.1) is 18.7 Å². The molecule has 9 nitrogen and oxygen atoms in total. The van der Waals surface area contributed by atoms with E-state index in [0.717, 1.165) is 74.5 Å². The van der Waals surface area contributed by atoms with Crippen LogP contribution in [0.25, 0.3) is 10.9 Å². The second-order valence-electron chi connectivity index (χ2n) is 9.21. The molecule has 1 saturated heterocycles. The van der Waals surface area contributed by atoms with Crippen LogP contribution in [0.3, 0.4) is 0 Å². The zero-order valence-electron chi connectivity index (χ0n) is 19.5. The Bertz CT molecular complexity index is 1140. The lowest BCUT2D eigenvalue weighted by molar-refractivity contribution is 0.103. The van der Waals surface area contributed by atoms with E-state index >= 15 is 0 Å². The monoisotopic (exact) mass is 451 g/mol. The largest absolute Gasteiger partial charge is 0.497 e. The fourth-order valence-corrected chi connectivity index (χ4v) is 5.38. The number of hydrogen-bond donors (Lipinski definition) is 1. The summed E-state index contributed by atoms with van der Waals surface area (Å²) in [6.45, 7) is 7.05. The van der Waals surface area contributed by atoms with Crippen molar-refractivity contribution in [1.29, 1.82) is 0 Å². The topological polar surface area (TPSA) is 92.2 Å². The van der Waals surface area contributed by atoms with Crippen LogP contribution in [-0.2, 0) is 0 Å². The minimum Gasteiger partial charge on any atom is -0.497 e. The highest BCUT2D eigenvalue weighted by Crippen LogP contribution is 2.34. The standard InChI is InChI=1S/C24H33N7O2/c1-3-10-29-11-13-30(14-12-29)22(23-26-27-28-31(23)18-6-4-5-7-18)20-15-17-8-9-19(33-2)16-21(17)25-24(20)32/h8-9,15-16,18,22H,3-7,10-14H2,1-2H3,(H,25,32)/t22-/m0/s1. The maximum absolute atomic E-state index is 13.4. The number of aromatic amines is 1. The molecule has 9 heteroatoms. The van der Waals surface area contributed by atoms with Gasteiger partial charge in [-0.05, 0) is 59.8 Å². The maximum Gasteiger partial charge on any atom is 0.253 e. The van der Waals surface area contributed by atoms with Gasteiger partial charge in [0.1, 0.15) is 11.8 Å². The molecule has 0 spiro atoms. The number of aromatic nitrogens is 5. The fraction of sp³-hybridized carbons (Fsp3) is 0.583. The molecule has 1 N–H and O–H groups in total. The Morgan fingerprint density at radius 1 is 1.15 bits per heavy atom. The number of H-pyrrole nitrogens is 1. The number of fused-ring (bicyclic) bond motifs is 1. The summed E-state index contributed by atoms with van der Waals surface area (Å²) in [5, 5.41) is 13.9. The number of rotatable bonds is 7. The lowest BCUT2D eigenvalue weighted by Gasteiger charge is -2.38. The van der Waals surface area contributed by atoms with Gasteiger partial charge in [0.2, 0.25) is 0 Å². The lowest BCUT2D eigenvalue weighted by atomic mass is 10.0. The fourth-order valence-electron chi connectivity index (χ4n) is 5.38. The van der Waals surface area contributed by atoms with Crippen molar-refractivity contribution in [2.24, 2.45) is 0 Å². The molecule has 1 aliphatic carbocycles. The van der Waals surface area contributed by atoms with E-state index in [0.29, 0.717) is 11.6 Å². The highest BCUT2D eigenvalue weighted by Gasteiger charge is 2.34. The Labute approximate surface area is 193 Å². The van der Waals surface area contributed by atoms with Crippen LogP contribution in [0.15, 0.2) is 29.1 Å². The number of benzene rings is 1. The van der Waals surface area contributed by atoms with E-state index in [9.17, 15) is 4.79 Å². The molecule has 0 radical (unpaired) electrons. The summed E-state index contributed by atoms with van der Waals surface area (Å²) in [7, 11) is 1.63. The molecule has 0 unspecified atom stereocenters. The summed E-state index contributed by atoms with van der Waals surface area (Å²) in [4.78, 5) is 21.4. The minimum absolute atomic E-state index is 0.0993. The molecule has 2 aliphatic rings. The molecule has 3 heterocycles. The Morgan fingerprint density at radius 3 is 2.67 bits per heavy atom. The summed E-state index contributed by atoms with van der Waals surface area (Å²) >= 11 is 0. The van der Waals surface area contributed by atoms with Crippen LogP contribution < -0.4 is 10.3 Å². The van der Waals surface area contributed by atoms with Gasteiger partial charge in [0.15, 0.2) is 5.82 Å². The van der Waals surface area contributed by atoms with E-state index in [4.69, 9.17) is 4.74 Å². The lowest BCUT2D eigenvalue weighted by Crippen LogP contribution is -2.49. The Hall–Kier alpha value is -2.78. The van der Waals surface area contributed by atoms with E-state index in [-0.39, 0.29) is 11.6 Å². The molecule has 33 heavy (non-hydrogen) atoms. The van der Waals surface area contributed by atoms with Crippen molar-refractivity contribution in [3.8, 4) is 5.75 Å². The Morgan fingerprint density at radius 2 is 1.94 bits per heavy atom. The molecular formula is C24H33N7O2. The van der Waals surface area contributed by atoms with Crippen LogP contribution in [-0.4, -0.2) is 74.8 Å². The molecule has 5 rings (SSSR count). The third-order valence-electron chi connectivity index (χ3n) is 7.12. The second-order valence-corrected chi connectivity index (χ2v) is 9.21. The molecule has 1 aliphatic heterocycles. The van der Waals surface area contributed by atoms with E-state index in [1.807, 2.05) is 28.9 Å². The number of piperazine rings is 1. The van der Waals surface area contributed by atoms with Gasteiger partial charge >= 0.3 is 0 Å². The Kier molecular flexibility index (Phi) is 6.41. The molecule has 1 aromatic carbocycles. The number of methoxy groups -OCH3 is 1. The highest BCUT2D eigenvalue weighted by atomic mass is 16.5. The van der Waals surface area contributed by atoms with E-state index in [2.05, 4.69) is 37.2 Å². The van der Waals surface area contributed by atoms with Gasteiger partial charge < -0.3 is 14.6 Å². The zero-order chi connectivity index (χ0) is 22.8. The van der Waals surface area contributed by atoms with Gasteiger partial charge in [-0.3, -0.25) is 9.69 Å². The average Bonchev–Trinajstić information content (AvgIpc) is 3.53. The summed E-state index contributed by atoms with van der Waals surface area (Å²) < 4.78 is 7.33. The first-order valence-electron chi connectivity index (χ1n) is 12.1. The normalized spacial score (nSPS) is 19.3. The SMILES string of the molecule is CCCN1CCN([C@@H](c2cc3ccc(OC)cc3[nH]c2=O)c2nnnn2C2CCCC2)CC1. The number of nitrogens with one attached hydrogen (secondary N) is 1. The highest BCUT2D eigenvalue weighted by molar-refractivity contribution is 5.80. The van der Waals surface area contributed by atoms with E-state index < -0.39 is 0 Å². The predicted octanol–water partition coefficient (Wildman–Crippen LogP) is 2.76. The van der Waals surface area contributed by atoms with E-state index in [1.165, 1.54) is 12.8 Å². The molecule has 1 atom stereocenters. The molecule has 2 fully saturated rings. The summed E-state index contributed by atoms with van der Waals surface area (Å²) in [6.07, 6.45) is 5.72. The molecule has 0 bridgehead atoms. The first kappa shape index (κ1) is 22.0. The number of tetrazole rings is 1. The molecule has 176 valence electrons. The van der Waals surface area contributed by atoms with Crippen molar-refractivity contribution < 1.29 is 4.74 Å². The summed E-state index contributed by atoms with van der Waals surface area (Å²) in [5.74, 6) is 1.50. The Balaban J connectivity index is 1.57. The first-order chi connectivity index (χ1) is 16.2. The molecular weight excluding hydrogens is 418 g/mol. The molecule has 3 aromatic rings. The zero-order valence-corrected chi connectivity index (χ0v) is 19.5. The molecule has 1 saturated carbocycles. The second kappa shape index (κ2) is 9.61. The van der Waals surface area contributed by atoms with Crippen molar-refractivity contribution in [2.75, 3.05) is 39.8 Å². The van der Waals surface area contributed by atoms with Crippen LogP contribution in [0.4, 0.5) is 0 Å². The van der Waals surface area contributed by atoms with Gasteiger partial charge in [-0.1, -0.05) is 19.8 Å². The van der Waals surface area contributed by atoms with Gasteiger partial charge in [-0.25, -0.2) is 4.68 Å². The third kappa shape index (κ3) is 4.39. The number of ether oxygens (including phenoxy) is 1. The van der Waals surface area contributed by atoms with Crippen LogP contribution in [0, 0.1) is 0 Å². The van der Waals surface area contributed by atoms with Gasteiger partial charge in [0.25, 0.3) is 5.56 Å². The van der Waals surface area contributed by atoms with Crippen molar-refractivity contribution in [3.63, 3.8) is 0 Å². The van der Waals surface area contributed by atoms with Crippen molar-refractivity contribution >= 4 is 10.9 Å². The van der Waals surface area contributed by atoms with Gasteiger partial charge in [0, 0.05) is 37.8 Å². The van der Waals surface area contributed by atoms with Gasteiger partial charge in [-0.2, -0.15) is 0 Å². The molecule has 2 aromatic heterocycles. The van der Waals surface area contributed by atoms with Crippen molar-refractivity contribution in [1.82, 2.24) is 35.0 Å². The van der Waals surface area contributed by atoms with Crippen LogP contribution in [0.5, 0.6) is 5.75 Å². The van der Waals surface area contributed by atoms with Crippen LogP contribution in [0.1, 0.15) is 62.5 Å². The maximum atomic E-state index is 13.4. The number of pyridine rings is 1. The van der Waals surface area contributed by atoms with Gasteiger partial charge in [-0.15, -0.1) is 5.10 Å². The van der Waals surface area contributed by atoms with Crippen molar-refractivity contribution in [3.05, 3.63) is 46.0 Å². The third-order valence-corrected chi connectivity index (χ3v) is 7.12. The smallest absolute Gasteiger partial charge is 0.253 e. The van der Waals surface area contributed by atoms with E-state index in [1.54, 1.807) is 7.11 Å². The van der Waals surface area contributed by atoms with Crippen molar-refractivity contribution in [2.45, 2.75) is 51.1 Å². The number of nitrogens with zero attached hydrogens (tertiary/aromatic N) is 6. The van der Waals surface area contributed by atoms with Crippen LogP contribution >= 0.6 is 0 Å². The average molecular weight is 452 g/mol. The number of hydrogen-bond acceptors (Lipinski definition) is 7. The summed E-state index contributed by atoms with van der Waals surface area (Å²) in [5.41, 5.74) is 1.37. The summed E-state index contributed by atoms with van der Waals surface area (Å²) in [6, 6.07) is 7.81.